The molecule has 2 N–H and O–H groups in total. The van der Waals surface area contributed by atoms with Crippen LogP contribution in [0.15, 0.2) is 4.90 Å². The van der Waals surface area contributed by atoms with Gasteiger partial charge in [0.1, 0.15) is 9.90 Å². The molecule has 1 aliphatic heterocycles. The lowest BCUT2D eigenvalue weighted by Crippen LogP contribution is -2.41. The van der Waals surface area contributed by atoms with Gasteiger partial charge in [0.15, 0.2) is 15.6 Å². The number of nitrogens with zero attached hydrogens (tertiary/aromatic N) is 1. The first-order valence-corrected chi connectivity index (χ1v) is 8.92. The number of anilines is 2. The molecule has 1 unspecified atom stereocenters. The molecular weight excluding hydrogens is 300 g/mol. The number of rotatable bonds is 3. The fraction of sp³-hybridized carbons (Fsp3) is 0.583. The van der Waals surface area contributed by atoms with Gasteiger partial charge in [-0.15, -0.1) is 11.3 Å². The van der Waals surface area contributed by atoms with Crippen LogP contribution >= 0.6 is 11.3 Å². The summed E-state index contributed by atoms with van der Waals surface area (Å²) in [6.07, 6.45) is 1.13. The summed E-state index contributed by atoms with van der Waals surface area (Å²) in [4.78, 5) is 13.9. The summed E-state index contributed by atoms with van der Waals surface area (Å²) in [5.41, 5.74) is 5.95. The number of Topliss-reactive ketones (excluding diaryl/α,β-unsaturated/α-hetero) is 1. The Morgan fingerprint density at radius 3 is 2.65 bits per heavy atom. The van der Waals surface area contributed by atoms with Crippen molar-refractivity contribution >= 4 is 37.6 Å². The van der Waals surface area contributed by atoms with Crippen molar-refractivity contribution in [3.63, 3.8) is 0 Å². The fourth-order valence-corrected chi connectivity index (χ4v) is 4.89. The van der Waals surface area contributed by atoms with Crippen LogP contribution in [0.4, 0.5) is 10.7 Å². The Morgan fingerprint density at radius 2 is 2.15 bits per heavy atom. The van der Waals surface area contributed by atoms with E-state index in [9.17, 15) is 13.2 Å². The Bertz CT molecular complexity index is 636. The fourth-order valence-electron chi connectivity index (χ4n) is 2.25. The highest BCUT2D eigenvalue weighted by Gasteiger charge is 2.30. The normalized spacial score (nSPS) is 20.1. The van der Waals surface area contributed by atoms with Gasteiger partial charge in [-0.2, -0.15) is 0 Å². The van der Waals surface area contributed by atoms with Gasteiger partial charge in [-0.3, -0.25) is 4.79 Å². The molecule has 0 radical (unpaired) electrons. The quantitative estimate of drug-likeness (QED) is 0.841. The lowest BCUT2D eigenvalue weighted by Gasteiger charge is -2.32. The maximum Gasteiger partial charge on any atom is 0.180 e. The molecule has 112 valence electrons. The van der Waals surface area contributed by atoms with Gasteiger partial charge in [0.25, 0.3) is 0 Å². The second-order valence-electron chi connectivity index (χ2n) is 4.93. The monoisotopic (exact) mass is 318 g/mol. The topological polar surface area (TPSA) is 89.7 Å². The largest absolute Gasteiger partial charge is 0.396 e. The van der Waals surface area contributed by atoms with Crippen LogP contribution in [-0.2, 0) is 14.6 Å². The zero-order valence-electron chi connectivity index (χ0n) is 11.7. The maximum absolute atomic E-state index is 12.0. The number of carbonyl (C=O) groups excluding carboxylic acids is 1. The second-order valence-corrected chi connectivity index (χ2v) is 7.89. The molecule has 1 fully saturated rings. The lowest BCUT2D eigenvalue weighted by atomic mass is 10.3. The van der Waals surface area contributed by atoms with Gasteiger partial charge in [0.2, 0.25) is 0 Å². The number of hydrogen-bond donors (Lipinski definition) is 1. The Hall–Kier alpha value is -1.12. The molecule has 1 saturated heterocycles. The van der Waals surface area contributed by atoms with Gasteiger partial charge >= 0.3 is 0 Å². The molecule has 8 heteroatoms. The third kappa shape index (κ3) is 2.82. The SMILES string of the molecule is CC(=O)c1sc(N2CCOC(C)C2)c(S(C)(=O)=O)c1N. The number of carbonyl (C=O) groups is 1. The van der Waals surface area contributed by atoms with E-state index in [0.29, 0.717) is 29.6 Å². The van der Waals surface area contributed by atoms with Gasteiger partial charge in [0.05, 0.1) is 23.3 Å². The van der Waals surface area contributed by atoms with Crippen LogP contribution in [0.3, 0.4) is 0 Å². The van der Waals surface area contributed by atoms with Crippen molar-refractivity contribution < 1.29 is 17.9 Å². The number of morpholine rings is 1. The van der Waals surface area contributed by atoms with Crippen LogP contribution in [0.2, 0.25) is 0 Å². The third-order valence-electron chi connectivity index (χ3n) is 3.10. The van der Waals surface area contributed by atoms with Crippen molar-refractivity contribution in [2.45, 2.75) is 24.8 Å². The molecule has 1 aliphatic rings. The highest BCUT2D eigenvalue weighted by atomic mass is 32.2. The smallest absolute Gasteiger partial charge is 0.180 e. The highest BCUT2D eigenvalue weighted by molar-refractivity contribution is 7.91. The van der Waals surface area contributed by atoms with Crippen molar-refractivity contribution in [1.29, 1.82) is 0 Å². The average molecular weight is 318 g/mol. The molecule has 2 heterocycles. The van der Waals surface area contributed by atoms with Crippen LogP contribution < -0.4 is 10.6 Å². The van der Waals surface area contributed by atoms with Crippen molar-refractivity contribution in [3.8, 4) is 0 Å². The van der Waals surface area contributed by atoms with Gasteiger partial charge in [-0.1, -0.05) is 0 Å². The van der Waals surface area contributed by atoms with Crippen molar-refractivity contribution in [2.75, 3.05) is 36.6 Å². The number of ether oxygens (including phenoxy) is 1. The Kier molecular flexibility index (Phi) is 4.08. The number of hydrogen-bond acceptors (Lipinski definition) is 7. The second kappa shape index (κ2) is 5.34. The van der Waals surface area contributed by atoms with E-state index < -0.39 is 9.84 Å². The van der Waals surface area contributed by atoms with E-state index in [2.05, 4.69) is 0 Å². The first kappa shape index (κ1) is 15.3. The molecular formula is C12H18N2O4S2. The highest BCUT2D eigenvalue weighted by Crippen LogP contribution is 2.42. The number of nitrogen functional groups attached to an aromatic ring is 1. The van der Waals surface area contributed by atoms with Crippen LogP contribution in [-0.4, -0.2) is 46.3 Å². The minimum Gasteiger partial charge on any atom is -0.396 e. The summed E-state index contributed by atoms with van der Waals surface area (Å²) >= 11 is 1.15. The molecule has 2 rings (SSSR count). The lowest BCUT2D eigenvalue weighted by molar-refractivity contribution is 0.0533. The van der Waals surface area contributed by atoms with Crippen LogP contribution in [0, 0.1) is 0 Å². The molecule has 0 aromatic carbocycles. The van der Waals surface area contributed by atoms with Crippen LogP contribution in [0.1, 0.15) is 23.5 Å². The minimum atomic E-state index is -3.49. The van der Waals surface area contributed by atoms with Gasteiger partial charge in [-0.05, 0) is 6.92 Å². The van der Waals surface area contributed by atoms with Crippen LogP contribution in [0.25, 0.3) is 0 Å². The summed E-state index contributed by atoms with van der Waals surface area (Å²) in [6.45, 7) is 5.01. The van der Waals surface area contributed by atoms with Gasteiger partial charge in [0, 0.05) is 26.3 Å². The Labute approximate surface area is 122 Å². The molecule has 1 aromatic heterocycles. The van der Waals surface area contributed by atoms with E-state index in [1.165, 1.54) is 6.92 Å². The molecule has 20 heavy (non-hydrogen) atoms. The number of ketones is 1. The first-order chi connectivity index (χ1) is 9.21. The van der Waals surface area contributed by atoms with E-state index in [-0.39, 0.29) is 22.5 Å². The van der Waals surface area contributed by atoms with E-state index in [0.717, 1.165) is 17.6 Å². The van der Waals surface area contributed by atoms with Crippen molar-refractivity contribution in [3.05, 3.63) is 4.88 Å². The number of thiophene rings is 1. The van der Waals surface area contributed by atoms with E-state index in [1.807, 2.05) is 11.8 Å². The van der Waals surface area contributed by atoms with Crippen LogP contribution in [0.5, 0.6) is 0 Å². The predicted molar refractivity (Wildman–Crippen MR) is 79.5 cm³/mol. The molecule has 0 saturated carbocycles. The molecule has 0 aliphatic carbocycles. The van der Waals surface area contributed by atoms with E-state index in [1.54, 1.807) is 0 Å². The molecule has 0 bridgehead atoms. The summed E-state index contributed by atoms with van der Waals surface area (Å²) < 4.78 is 29.4. The zero-order valence-corrected chi connectivity index (χ0v) is 13.3. The maximum atomic E-state index is 12.0. The molecule has 1 aromatic rings. The minimum absolute atomic E-state index is 0.0141. The number of nitrogens with two attached hydrogens (primary N) is 1. The number of sulfone groups is 1. The summed E-state index contributed by atoms with van der Waals surface area (Å²) in [5, 5.41) is 0.547. The average Bonchev–Trinajstić information content (AvgIpc) is 2.66. The molecule has 0 spiro atoms. The van der Waals surface area contributed by atoms with Gasteiger partial charge in [-0.25, -0.2) is 8.42 Å². The predicted octanol–water partition coefficient (Wildman–Crippen LogP) is 1.16. The Morgan fingerprint density at radius 1 is 1.50 bits per heavy atom. The van der Waals surface area contributed by atoms with Crippen molar-refractivity contribution in [1.82, 2.24) is 0 Å². The van der Waals surface area contributed by atoms with E-state index >= 15 is 0 Å². The Balaban J connectivity index is 2.57. The molecule has 6 nitrogen and oxygen atoms in total. The first-order valence-electron chi connectivity index (χ1n) is 6.21. The summed E-state index contributed by atoms with van der Waals surface area (Å²) in [7, 11) is -3.49. The van der Waals surface area contributed by atoms with Crippen molar-refractivity contribution in [2.24, 2.45) is 0 Å². The summed E-state index contributed by atoms with van der Waals surface area (Å²) in [6, 6.07) is 0. The standard InChI is InChI=1S/C12H18N2O4S2/c1-7-6-14(4-5-18-7)12-11(20(3,16)17)9(13)10(19-12)8(2)15/h7H,4-6,13H2,1-3H3. The molecule has 1 atom stereocenters. The summed E-state index contributed by atoms with van der Waals surface area (Å²) in [5.74, 6) is -0.218. The third-order valence-corrected chi connectivity index (χ3v) is 5.75. The zero-order chi connectivity index (χ0) is 15.1. The van der Waals surface area contributed by atoms with Gasteiger partial charge < -0.3 is 15.4 Å². The van der Waals surface area contributed by atoms with E-state index in [4.69, 9.17) is 10.5 Å². The molecule has 0 amide bonds.